The third kappa shape index (κ3) is 4.94. The lowest BCUT2D eigenvalue weighted by atomic mass is 9.68. The molecule has 1 aliphatic heterocycles. The predicted octanol–water partition coefficient (Wildman–Crippen LogP) is 5.23. The fourth-order valence-corrected chi connectivity index (χ4v) is 5.60. The van der Waals surface area contributed by atoms with Gasteiger partial charge in [0.05, 0.1) is 21.3 Å². The Kier molecular flexibility index (Phi) is 6.20. The fourth-order valence-electron chi connectivity index (χ4n) is 4.58. The van der Waals surface area contributed by atoms with Gasteiger partial charge in [-0.05, 0) is 46.5 Å². The van der Waals surface area contributed by atoms with Gasteiger partial charge in [0.1, 0.15) is 11.7 Å². The number of alkyl halides is 3. The average molecular weight is 500 g/mol. The highest BCUT2D eigenvalue weighted by molar-refractivity contribution is 7.17. The van der Waals surface area contributed by atoms with Gasteiger partial charge in [0.2, 0.25) is 5.88 Å². The molecular weight excluding hydrogens is 471 g/mol. The second kappa shape index (κ2) is 8.58. The summed E-state index contributed by atoms with van der Waals surface area (Å²) in [5.41, 5.74) is -1.31. The Morgan fingerprint density at radius 2 is 1.85 bits per heavy atom. The second-order valence-electron chi connectivity index (χ2n) is 10.1. The molecule has 0 bridgehead atoms. The molecule has 34 heavy (non-hydrogen) atoms. The van der Waals surface area contributed by atoms with Crippen molar-refractivity contribution in [3.05, 3.63) is 22.6 Å². The Balaban J connectivity index is 1.44. The average Bonchev–Trinajstić information content (AvgIpc) is 3.13. The molecule has 0 radical (unpaired) electrons. The van der Waals surface area contributed by atoms with Crippen LogP contribution in [0.5, 0.6) is 5.88 Å². The number of thiophene rings is 1. The molecule has 2 fully saturated rings. The molecule has 1 saturated carbocycles. The first-order chi connectivity index (χ1) is 15.8. The zero-order chi connectivity index (χ0) is 24.9. The van der Waals surface area contributed by atoms with Gasteiger partial charge in [0, 0.05) is 37.0 Å². The van der Waals surface area contributed by atoms with Crippen LogP contribution in [-0.2, 0) is 10.9 Å². The van der Waals surface area contributed by atoms with Gasteiger partial charge in [-0.1, -0.05) is 0 Å². The van der Waals surface area contributed by atoms with E-state index >= 15 is 0 Å². The van der Waals surface area contributed by atoms with Crippen LogP contribution in [0.4, 0.5) is 18.0 Å². The first-order valence-corrected chi connectivity index (χ1v) is 12.0. The number of hydrogen-bond donors (Lipinski definition) is 1. The third-order valence-electron chi connectivity index (χ3n) is 6.26. The van der Waals surface area contributed by atoms with Crippen LogP contribution in [0.3, 0.4) is 0 Å². The SMILES string of the molecule is CNC(=O)c1csc2c(C(F)(F)F)cc(OC3CCC4(CC3)CN(C(=O)OC(C)(C)C)C4)nc12. The Labute approximate surface area is 199 Å². The minimum Gasteiger partial charge on any atom is -0.474 e. The van der Waals surface area contributed by atoms with Crippen LogP contribution >= 0.6 is 11.3 Å². The number of aromatic nitrogens is 1. The van der Waals surface area contributed by atoms with E-state index in [1.807, 2.05) is 20.8 Å². The summed E-state index contributed by atoms with van der Waals surface area (Å²) in [4.78, 5) is 30.3. The van der Waals surface area contributed by atoms with Gasteiger partial charge in [-0.15, -0.1) is 11.3 Å². The van der Waals surface area contributed by atoms with E-state index in [1.54, 1.807) is 4.90 Å². The summed E-state index contributed by atoms with van der Waals surface area (Å²) in [7, 11) is 1.42. The summed E-state index contributed by atoms with van der Waals surface area (Å²) in [6, 6.07) is 0.921. The van der Waals surface area contributed by atoms with Crippen LogP contribution in [-0.4, -0.2) is 53.7 Å². The number of nitrogens with one attached hydrogen (secondary N) is 1. The number of pyridine rings is 1. The van der Waals surface area contributed by atoms with Crippen LogP contribution in [0.1, 0.15) is 62.4 Å². The van der Waals surface area contributed by atoms with Gasteiger partial charge in [0.15, 0.2) is 0 Å². The molecule has 11 heteroatoms. The van der Waals surface area contributed by atoms with Crippen molar-refractivity contribution in [2.45, 2.75) is 64.3 Å². The number of amides is 2. The van der Waals surface area contributed by atoms with Crippen LogP contribution in [0.15, 0.2) is 11.4 Å². The summed E-state index contributed by atoms with van der Waals surface area (Å²) >= 11 is 0.841. The van der Waals surface area contributed by atoms with Gasteiger partial charge in [-0.2, -0.15) is 13.2 Å². The zero-order valence-electron chi connectivity index (χ0n) is 19.5. The van der Waals surface area contributed by atoms with Crippen molar-refractivity contribution in [3.8, 4) is 5.88 Å². The highest BCUT2D eigenvalue weighted by Gasteiger charge is 2.48. The molecule has 2 aliphatic rings. The van der Waals surface area contributed by atoms with Gasteiger partial charge >= 0.3 is 12.3 Å². The summed E-state index contributed by atoms with van der Waals surface area (Å²) in [6.07, 6.45) is -2.31. The van der Waals surface area contributed by atoms with Gasteiger partial charge < -0.3 is 19.7 Å². The van der Waals surface area contributed by atoms with Crippen molar-refractivity contribution in [1.29, 1.82) is 0 Å². The minimum atomic E-state index is -4.60. The van der Waals surface area contributed by atoms with Crippen LogP contribution < -0.4 is 10.1 Å². The second-order valence-corrected chi connectivity index (χ2v) is 10.9. The van der Waals surface area contributed by atoms with Gasteiger partial charge in [0.25, 0.3) is 5.91 Å². The number of likely N-dealkylation sites (tertiary alicyclic amines) is 1. The smallest absolute Gasteiger partial charge is 0.418 e. The highest BCUT2D eigenvalue weighted by Crippen LogP contribution is 2.46. The van der Waals surface area contributed by atoms with E-state index in [0.717, 1.165) is 30.2 Å². The fraction of sp³-hybridized carbons (Fsp3) is 0.609. The Morgan fingerprint density at radius 3 is 2.41 bits per heavy atom. The predicted molar refractivity (Wildman–Crippen MR) is 121 cm³/mol. The maximum Gasteiger partial charge on any atom is 0.418 e. The molecule has 1 aliphatic carbocycles. The topological polar surface area (TPSA) is 80.8 Å². The maximum absolute atomic E-state index is 13.7. The number of fused-ring (bicyclic) bond motifs is 1. The zero-order valence-corrected chi connectivity index (χ0v) is 20.4. The van der Waals surface area contributed by atoms with Crippen LogP contribution in [0, 0.1) is 5.41 Å². The largest absolute Gasteiger partial charge is 0.474 e. The van der Waals surface area contributed by atoms with Crippen molar-refractivity contribution in [1.82, 2.24) is 15.2 Å². The number of rotatable bonds is 3. The number of halogens is 3. The van der Waals surface area contributed by atoms with Crippen molar-refractivity contribution in [2.24, 2.45) is 5.41 Å². The maximum atomic E-state index is 13.7. The van der Waals surface area contributed by atoms with Crippen molar-refractivity contribution < 1.29 is 32.2 Å². The first kappa shape index (κ1) is 24.6. The molecule has 1 N–H and O–H groups in total. The molecule has 2 amide bonds. The minimum absolute atomic E-state index is 0.00498. The summed E-state index contributed by atoms with van der Waals surface area (Å²) in [5.74, 6) is -0.628. The standard InChI is InChI=1S/C23H28F3N3O4S/c1-21(2,3)33-20(31)29-11-22(12-29)7-5-13(6-8-22)32-16-9-15(23(24,25)26)18-17(28-16)14(10-34-18)19(30)27-4/h9-10,13H,5-8,11-12H2,1-4H3,(H,27,30). The van der Waals surface area contributed by atoms with E-state index in [2.05, 4.69) is 10.3 Å². The lowest BCUT2D eigenvalue weighted by Gasteiger charge is -2.52. The molecule has 4 rings (SSSR count). The summed E-state index contributed by atoms with van der Waals surface area (Å²) < 4.78 is 52.3. The molecule has 0 unspecified atom stereocenters. The van der Waals surface area contributed by atoms with Crippen molar-refractivity contribution in [2.75, 3.05) is 20.1 Å². The van der Waals surface area contributed by atoms with Crippen molar-refractivity contribution in [3.63, 3.8) is 0 Å². The number of carbonyl (C=O) groups is 2. The monoisotopic (exact) mass is 499 g/mol. The molecule has 186 valence electrons. The van der Waals surface area contributed by atoms with E-state index in [0.29, 0.717) is 25.9 Å². The molecular formula is C23H28F3N3O4S. The lowest BCUT2D eigenvalue weighted by Crippen LogP contribution is -2.60. The summed E-state index contributed by atoms with van der Waals surface area (Å²) in [6.45, 7) is 6.70. The first-order valence-electron chi connectivity index (χ1n) is 11.2. The number of carbonyl (C=O) groups excluding carboxylic acids is 2. The molecule has 7 nitrogen and oxygen atoms in total. The quantitative estimate of drug-likeness (QED) is 0.625. The Bertz CT molecular complexity index is 1090. The van der Waals surface area contributed by atoms with E-state index in [1.165, 1.54) is 12.4 Å². The Hall–Kier alpha value is -2.56. The molecule has 2 aromatic rings. The van der Waals surface area contributed by atoms with E-state index in [4.69, 9.17) is 9.47 Å². The lowest BCUT2D eigenvalue weighted by molar-refractivity contribution is -0.136. The molecule has 1 saturated heterocycles. The van der Waals surface area contributed by atoms with E-state index in [-0.39, 0.29) is 39.3 Å². The summed E-state index contributed by atoms with van der Waals surface area (Å²) in [5, 5.41) is 3.81. The van der Waals surface area contributed by atoms with E-state index in [9.17, 15) is 22.8 Å². The molecule has 0 atom stereocenters. The molecule has 2 aromatic heterocycles. The third-order valence-corrected chi connectivity index (χ3v) is 7.26. The molecule has 3 heterocycles. The van der Waals surface area contributed by atoms with Crippen molar-refractivity contribution >= 4 is 33.6 Å². The Morgan fingerprint density at radius 1 is 1.21 bits per heavy atom. The number of ether oxygens (including phenoxy) is 2. The van der Waals surface area contributed by atoms with E-state index < -0.39 is 23.2 Å². The van der Waals surface area contributed by atoms with Crippen LogP contribution in [0.2, 0.25) is 0 Å². The van der Waals surface area contributed by atoms with Crippen LogP contribution in [0.25, 0.3) is 10.2 Å². The van der Waals surface area contributed by atoms with Gasteiger partial charge in [-0.25, -0.2) is 9.78 Å². The normalized spacial score (nSPS) is 18.6. The highest BCUT2D eigenvalue weighted by atomic mass is 32.1. The molecule has 1 spiro atoms. The van der Waals surface area contributed by atoms with Gasteiger partial charge in [-0.3, -0.25) is 4.79 Å². The number of hydrogen-bond acceptors (Lipinski definition) is 6. The molecule has 0 aromatic carbocycles. The number of nitrogens with zero attached hydrogens (tertiary/aromatic N) is 2.